The summed E-state index contributed by atoms with van der Waals surface area (Å²) in [6.07, 6.45) is 1.82. The number of anilines is 1. The molecule has 0 unspecified atom stereocenters. The van der Waals surface area contributed by atoms with Crippen molar-refractivity contribution in [2.75, 3.05) is 18.5 Å². The molecule has 3 rings (SSSR count). The van der Waals surface area contributed by atoms with Crippen LogP contribution in [-0.2, 0) is 22.6 Å². The summed E-state index contributed by atoms with van der Waals surface area (Å²) < 4.78 is 0. The lowest BCUT2D eigenvalue weighted by Crippen LogP contribution is -2.27. The molecule has 1 heterocycles. The van der Waals surface area contributed by atoms with Gasteiger partial charge < -0.3 is 9.80 Å². The highest BCUT2D eigenvalue weighted by Crippen LogP contribution is 2.24. The average Bonchev–Trinajstić information content (AvgIpc) is 3.05. The number of carbonyl (C=O) groups excluding carboxylic acids is 2. The maximum Gasteiger partial charge on any atom is 0.227 e. The molecule has 0 aromatic heterocycles. The summed E-state index contributed by atoms with van der Waals surface area (Å²) in [5, 5.41) is 0.984. The number of amides is 2. The molecule has 6 heteroatoms. The van der Waals surface area contributed by atoms with Crippen molar-refractivity contribution in [1.82, 2.24) is 4.90 Å². The third-order valence-corrected chi connectivity index (χ3v) is 5.25. The lowest BCUT2D eigenvalue weighted by atomic mass is 10.1. The van der Waals surface area contributed by atoms with Gasteiger partial charge in [-0.05, 0) is 41.8 Å². The molecule has 0 saturated carbocycles. The van der Waals surface area contributed by atoms with Gasteiger partial charge in [0.15, 0.2) is 0 Å². The second kappa shape index (κ2) is 8.11. The van der Waals surface area contributed by atoms with Crippen LogP contribution in [0, 0.1) is 0 Å². The molecule has 0 aliphatic carbocycles. The largest absolute Gasteiger partial charge is 0.341 e. The van der Waals surface area contributed by atoms with Crippen molar-refractivity contribution in [2.24, 2.45) is 0 Å². The summed E-state index contributed by atoms with van der Waals surface area (Å²) in [5.41, 5.74) is 2.75. The number of likely N-dealkylation sites (N-methyl/N-ethyl adjacent to an activating group) is 1. The van der Waals surface area contributed by atoms with Crippen LogP contribution in [0.2, 0.25) is 10.0 Å². The van der Waals surface area contributed by atoms with Crippen LogP contribution < -0.4 is 4.90 Å². The van der Waals surface area contributed by atoms with Crippen molar-refractivity contribution in [3.8, 4) is 0 Å². The molecule has 0 radical (unpaired) electrons. The van der Waals surface area contributed by atoms with Gasteiger partial charge in [-0.25, -0.2) is 0 Å². The van der Waals surface area contributed by atoms with Gasteiger partial charge in [0, 0.05) is 32.2 Å². The van der Waals surface area contributed by atoms with Crippen molar-refractivity contribution in [3.05, 3.63) is 63.6 Å². The lowest BCUT2D eigenvalue weighted by molar-refractivity contribution is -0.129. The monoisotopic (exact) mass is 390 g/mol. The fourth-order valence-electron chi connectivity index (χ4n) is 3.02. The van der Waals surface area contributed by atoms with Crippen LogP contribution in [0.15, 0.2) is 42.5 Å². The van der Waals surface area contributed by atoms with E-state index in [0.717, 1.165) is 29.8 Å². The van der Waals surface area contributed by atoms with Crippen LogP contribution >= 0.6 is 23.2 Å². The summed E-state index contributed by atoms with van der Waals surface area (Å²) in [7, 11) is 1.77. The van der Waals surface area contributed by atoms with E-state index in [4.69, 9.17) is 23.2 Å². The Morgan fingerprint density at radius 2 is 1.77 bits per heavy atom. The maximum absolute atomic E-state index is 12.5. The highest BCUT2D eigenvalue weighted by atomic mass is 35.5. The van der Waals surface area contributed by atoms with Gasteiger partial charge in [-0.3, -0.25) is 9.59 Å². The molecule has 1 aliphatic heterocycles. The third kappa shape index (κ3) is 4.37. The second-order valence-electron chi connectivity index (χ2n) is 6.49. The minimum Gasteiger partial charge on any atom is -0.341 e. The average molecular weight is 391 g/mol. The Morgan fingerprint density at radius 3 is 2.38 bits per heavy atom. The zero-order chi connectivity index (χ0) is 18.7. The van der Waals surface area contributed by atoms with Crippen molar-refractivity contribution < 1.29 is 9.59 Å². The predicted molar refractivity (Wildman–Crippen MR) is 105 cm³/mol. The van der Waals surface area contributed by atoms with Gasteiger partial charge in [-0.15, -0.1) is 0 Å². The van der Waals surface area contributed by atoms with Crippen LogP contribution in [0.5, 0.6) is 0 Å². The van der Waals surface area contributed by atoms with E-state index in [2.05, 4.69) is 0 Å². The van der Waals surface area contributed by atoms with Crippen molar-refractivity contribution >= 4 is 40.7 Å². The second-order valence-corrected chi connectivity index (χ2v) is 7.30. The van der Waals surface area contributed by atoms with Crippen LogP contribution in [0.25, 0.3) is 0 Å². The molecular formula is C20H20Cl2N2O2. The van der Waals surface area contributed by atoms with Crippen LogP contribution in [0.3, 0.4) is 0 Å². The normalized spacial score (nSPS) is 14.0. The molecule has 0 spiro atoms. The number of rotatable bonds is 5. The minimum atomic E-state index is 0.0149. The number of benzene rings is 2. The molecule has 0 atom stereocenters. The quantitative estimate of drug-likeness (QED) is 0.762. The molecule has 2 aromatic rings. The Morgan fingerprint density at radius 1 is 1.08 bits per heavy atom. The topological polar surface area (TPSA) is 40.6 Å². The van der Waals surface area contributed by atoms with Gasteiger partial charge in [0.05, 0.1) is 16.5 Å². The summed E-state index contributed by atoms with van der Waals surface area (Å²) in [4.78, 5) is 27.7. The first-order valence-corrected chi connectivity index (χ1v) is 9.27. The molecule has 0 N–H and O–H groups in total. The van der Waals surface area contributed by atoms with E-state index >= 15 is 0 Å². The number of halogens is 2. The summed E-state index contributed by atoms with van der Waals surface area (Å²) >= 11 is 11.9. The van der Waals surface area contributed by atoms with Gasteiger partial charge in [0.1, 0.15) is 0 Å². The van der Waals surface area contributed by atoms with Gasteiger partial charge in [-0.1, -0.05) is 41.4 Å². The Balaban J connectivity index is 1.60. The molecule has 2 amide bonds. The highest BCUT2D eigenvalue weighted by Gasteiger charge is 2.21. The zero-order valence-corrected chi connectivity index (χ0v) is 16.1. The predicted octanol–water partition coefficient (Wildman–Crippen LogP) is 4.32. The molecule has 1 saturated heterocycles. The number of hydrogen-bond acceptors (Lipinski definition) is 2. The first-order valence-electron chi connectivity index (χ1n) is 8.51. The Kier molecular flexibility index (Phi) is 5.84. The fourth-order valence-corrected chi connectivity index (χ4v) is 3.35. The molecule has 26 heavy (non-hydrogen) atoms. The number of nitrogens with zero attached hydrogens (tertiary/aromatic N) is 2. The van der Waals surface area contributed by atoms with E-state index in [0.29, 0.717) is 29.4 Å². The standard InChI is InChI=1S/C20H20Cl2N2O2/c1-23(13-15-6-9-17(21)18(22)11-15)20(26)12-14-4-7-16(8-5-14)24-10-2-3-19(24)25/h4-9,11H,2-3,10,12-13H2,1H3. The molecule has 136 valence electrons. The van der Waals surface area contributed by atoms with Crippen LogP contribution in [-0.4, -0.2) is 30.3 Å². The molecule has 1 fully saturated rings. The Hall–Kier alpha value is -2.04. The maximum atomic E-state index is 12.5. The smallest absolute Gasteiger partial charge is 0.227 e. The van der Waals surface area contributed by atoms with Crippen molar-refractivity contribution in [2.45, 2.75) is 25.8 Å². The van der Waals surface area contributed by atoms with Gasteiger partial charge in [0.2, 0.25) is 11.8 Å². The lowest BCUT2D eigenvalue weighted by Gasteiger charge is -2.19. The van der Waals surface area contributed by atoms with Crippen LogP contribution in [0.4, 0.5) is 5.69 Å². The SMILES string of the molecule is CN(Cc1ccc(Cl)c(Cl)c1)C(=O)Cc1ccc(N2CCCC2=O)cc1. The summed E-state index contributed by atoms with van der Waals surface area (Å²) in [6, 6.07) is 13.0. The first kappa shape index (κ1) is 18.7. The first-order chi connectivity index (χ1) is 12.4. The van der Waals surface area contributed by atoms with Crippen molar-refractivity contribution in [1.29, 1.82) is 0 Å². The van der Waals surface area contributed by atoms with Crippen molar-refractivity contribution in [3.63, 3.8) is 0 Å². The van der Waals surface area contributed by atoms with E-state index in [-0.39, 0.29) is 11.8 Å². The van der Waals surface area contributed by atoms with Gasteiger partial charge >= 0.3 is 0 Å². The number of carbonyl (C=O) groups is 2. The molecule has 2 aromatic carbocycles. The molecular weight excluding hydrogens is 371 g/mol. The third-order valence-electron chi connectivity index (χ3n) is 4.51. The minimum absolute atomic E-state index is 0.0149. The highest BCUT2D eigenvalue weighted by molar-refractivity contribution is 6.42. The molecule has 4 nitrogen and oxygen atoms in total. The van der Waals surface area contributed by atoms with E-state index in [1.807, 2.05) is 30.3 Å². The van der Waals surface area contributed by atoms with E-state index in [9.17, 15) is 9.59 Å². The Bertz CT molecular complexity index is 821. The summed E-state index contributed by atoms with van der Waals surface area (Å²) in [5.74, 6) is 0.177. The molecule has 0 bridgehead atoms. The van der Waals surface area contributed by atoms with Gasteiger partial charge in [0.25, 0.3) is 0 Å². The fraction of sp³-hybridized carbons (Fsp3) is 0.300. The van der Waals surface area contributed by atoms with Crippen LogP contribution in [0.1, 0.15) is 24.0 Å². The number of hydrogen-bond donors (Lipinski definition) is 0. The van der Waals surface area contributed by atoms with E-state index in [1.165, 1.54) is 0 Å². The van der Waals surface area contributed by atoms with E-state index in [1.54, 1.807) is 29.0 Å². The molecule has 1 aliphatic rings. The van der Waals surface area contributed by atoms with Gasteiger partial charge in [-0.2, -0.15) is 0 Å². The Labute approximate surface area is 163 Å². The zero-order valence-electron chi connectivity index (χ0n) is 14.5. The summed E-state index contributed by atoms with van der Waals surface area (Å²) in [6.45, 7) is 1.24. The van der Waals surface area contributed by atoms with E-state index < -0.39 is 0 Å².